The van der Waals surface area contributed by atoms with E-state index in [1.165, 1.54) is 5.01 Å². The van der Waals surface area contributed by atoms with Crippen molar-refractivity contribution in [1.29, 1.82) is 0 Å². The van der Waals surface area contributed by atoms with Crippen LogP contribution in [-0.4, -0.2) is 24.4 Å². The molecule has 8 heavy (non-hydrogen) atoms. The molecule has 0 aromatic heterocycles. The van der Waals surface area contributed by atoms with Crippen LogP contribution in [0.15, 0.2) is 0 Å². The second kappa shape index (κ2) is 3.57. The normalized spacial score (nSPS) is 10.0. The van der Waals surface area contributed by atoms with Gasteiger partial charge in [0.05, 0.1) is 0 Å². The van der Waals surface area contributed by atoms with E-state index in [2.05, 4.69) is 0 Å². The Hall–Kier alpha value is -0.410. The van der Waals surface area contributed by atoms with Gasteiger partial charge < -0.3 is 0 Å². The minimum absolute atomic E-state index is 0.183. The lowest BCUT2D eigenvalue weighted by Crippen LogP contribution is -2.27. The SMILES string of the molecule is CC(=O)CCN(C)N. The molecule has 3 heteroatoms. The minimum Gasteiger partial charge on any atom is -0.300 e. The largest absolute Gasteiger partial charge is 0.300 e. The van der Waals surface area contributed by atoms with Crippen molar-refractivity contribution < 1.29 is 4.79 Å². The van der Waals surface area contributed by atoms with Gasteiger partial charge >= 0.3 is 0 Å². The fraction of sp³-hybridized carbons (Fsp3) is 0.800. The number of nitrogens with zero attached hydrogens (tertiary/aromatic N) is 1. The molecular weight excluding hydrogens is 104 g/mol. The number of ketones is 1. The van der Waals surface area contributed by atoms with Crippen LogP contribution in [0.3, 0.4) is 0 Å². The molecular formula is C5H12N2O. The second-order valence-electron chi connectivity index (χ2n) is 1.93. The summed E-state index contributed by atoms with van der Waals surface area (Å²) in [7, 11) is 1.74. The first kappa shape index (κ1) is 7.59. The predicted octanol–water partition coefficient (Wildman–Crippen LogP) is -0.229. The highest BCUT2D eigenvalue weighted by atomic mass is 16.1. The van der Waals surface area contributed by atoms with Crippen LogP contribution in [0.2, 0.25) is 0 Å². The molecule has 0 aliphatic rings. The van der Waals surface area contributed by atoms with Gasteiger partial charge in [-0.2, -0.15) is 0 Å². The number of carbonyl (C=O) groups excluding carboxylic acids is 1. The quantitative estimate of drug-likeness (QED) is 0.409. The standard InChI is InChI=1S/C5H12N2O/c1-5(8)3-4-7(2)6/h3-4,6H2,1-2H3. The number of nitrogens with two attached hydrogens (primary N) is 1. The van der Waals surface area contributed by atoms with E-state index in [0.29, 0.717) is 13.0 Å². The molecule has 0 bridgehead atoms. The Kier molecular flexibility index (Phi) is 3.39. The lowest BCUT2D eigenvalue weighted by molar-refractivity contribution is -0.117. The van der Waals surface area contributed by atoms with Gasteiger partial charge in [-0.3, -0.25) is 10.6 Å². The molecule has 0 saturated carbocycles. The highest BCUT2D eigenvalue weighted by Crippen LogP contribution is 1.80. The Bertz CT molecular complexity index is 80.5. The maximum atomic E-state index is 10.3. The third-order valence-corrected chi connectivity index (χ3v) is 0.817. The highest BCUT2D eigenvalue weighted by Gasteiger charge is 1.92. The summed E-state index contributed by atoms with van der Waals surface area (Å²) < 4.78 is 0. The molecule has 0 aromatic carbocycles. The van der Waals surface area contributed by atoms with Gasteiger partial charge in [-0.1, -0.05) is 0 Å². The number of rotatable bonds is 3. The van der Waals surface area contributed by atoms with Gasteiger partial charge in [0, 0.05) is 20.0 Å². The summed E-state index contributed by atoms with van der Waals surface area (Å²) in [5, 5.41) is 1.50. The van der Waals surface area contributed by atoms with E-state index in [1.807, 2.05) is 0 Å². The zero-order valence-corrected chi connectivity index (χ0v) is 5.35. The average molecular weight is 116 g/mol. The molecule has 3 nitrogen and oxygen atoms in total. The molecule has 0 aliphatic heterocycles. The zero-order chi connectivity index (χ0) is 6.57. The van der Waals surface area contributed by atoms with Crippen molar-refractivity contribution in [2.45, 2.75) is 13.3 Å². The molecule has 0 spiro atoms. The average Bonchev–Trinajstić information content (AvgIpc) is 1.61. The monoisotopic (exact) mass is 116 g/mol. The summed E-state index contributed by atoms with van der Waals surface area (Å²) in [4.78, 5) is 10.3. The van der Waals surface area contributed by atoms with E-state index in [9.17, 15) is 4.79 Å². The number of hydrogen-bond acceptors (Lipinski definition) is 3. The topological polar surface area (TPSA) is 46.3 Å². The summed E-state index contributed by atoms with van der Waals surface area (Å²) in [5.74, 6) is 5.40. The molecule has 0 saturated heterocycles. The molecule has 0 amide bonds. The van der Waals surface area contributed by atoms with Crippen LogP contribution in [0, 0.1) is 0 Å². The number of hydrazine groups is 1. The maximum Gasteiger partial charge on any atom is 0.131 e. The zero-order valence-electron chi connectivity index (χ0n) is 5.35. The van der Waals surface area contributed by atoms with Crippen molar-refractivity contribution in [3.63, 3.8) is 0 Å². The van der Waals surface area contributed by atoms with Crippen LogP contribution in [0.1, 0.15) is 13.3 Å². The molecule has 0 fully saturated rings. The molecule has 0 unspecified atom stereocenters. The first-order chi connectivity index (χ1) is 3.63. The third kappa shape index (κ3) is 5.59. The van der Waals surface area contributed by atoms with Crippen LogP contribution in [0.25, 0.3) is 0 Å². The molecule has 48 valence electrons. The van der Waals surface area contributed by atoms with Crippen LogP contribution in [-0.2, 0) is 4.79 Å². The molecule has 0 atom stereocenters. The van der Waals surface area contributed by atoms with Crippen molar-refractivity contribution in [2.75, 3.05) is 13.6 Å². The molecule has 2 N–H and O–H groups in total. The fourth-order valence-corrected chi connectivity index (χ4v) is 0.334. The van der Waals surface area contributed by atoms with Crippen molar-refractivity contribution in [2.24, 2.45) is 5.84 Å². The van der Waals surface area contributed by atoms with E-state index in [0.717, 1.165) is 0 Å². The summed E-state index contributed by atoms with van der Waals surface area (Å²) in [6.45, 7) is 2.21. The first-order valence-corrected chi connectivity index (χ1v) is 2.58. The Morgan fingerprint density at radius 3 is 2.38 bits per heavy atom. The second-order valence-corrected chi connectivity index (χ2v) is 1.93. The van der Waals surface area contributed by atoms with Crippen LogP contribution in [0.5, 0.6) is 0 Å². The molecule has 0 heterocycles. The maximum absolute atomic E-state index is 10.3. The molecule has 0 aromatic rings. The van der Waals surface area contributed by atoms with Crippen molar-refractivity contribution in [1.82, 2.24) is 5.01 Å². The van der Waals surface area contributed by atoms with Crippen LogP contribution < -0.4 is 5.84 Å². The number of carbonyl (C=O) groups is 1. The Morgan fingerprint density at radius 1 is 1.75 bits per heavy atom. The van der Waals surface area contributed by atoms with Gasteiger partial charge in [-0.25, -0.2) is 5.01 Å². The van der Waals surface area contributed by atoms with E-state index >= 15 is 0 Å². The Morgan fingerprint density at radius 2 is 2.25 bits per heavy atom. The summed E-state index contributed by atoms with van der Waals surface area (Å²) in [6, 6.07) is 0. The fourth-order valence-electron chi connectivity index (χ4n) is 0.334. The highest BCUT2D eigenvalue weighted by molar-refractivity contribution is 5.75. The van der Waals surface area contributed by atoms with Gasteiger partial charge in [0.1, 0.15) is 5.78 Å². The summed E-state index contributed by atoms with van der Waals surface area (Å²) in [6.07, 6.45) is 0.549. The van der Waals surface area contributed by atoms with E-state index in [1.54, 1.807) is 14.0 Å². The molecule has 0 radical (unpaired) electrons. The number of hydrogen-bond donors (Lipinski definition) is 1. The van der Waals surface area contributed by atoms with Gasteiger partial charge in [-0.05, 0) is 6.92 Å². The van der Waals surface area contributed by atoms with Gasteiger partial charge in [-0.15, -0.1) is 0 Å². The summed E-state index contributed by atoms with van der Waals surface area (Å²) in [5.41, 5.74) is 0. The smallest absolute Gasteiger partial charge is 0.131 e. The first-order valence-electron chi connectivity index (χ1n) is 2.58. The van der Waals surface area contributed by atoms with Gasteiger partial charge in [0.15, 0.2) is 0 Å². The van der Waals surface area contributed by atoms with Crippen LogP contribution in [0.4, 0.5) is 0 Å². The van der Waals surface area contributed by atoms with Crippen molar-refractivity contribution in [3.05, 3.63) is 0 Å². The Balaban J connectivity index is 3.05. The van der Waals surface area contributed by atoms with E-state index < -0.39 is 0 Å². The van der Waals surface area contributed by atoms with Gasteiger partial charge in [0.2, 0.25) is 0 Å². The minimum atomic E-state index is 0.183. The van der Waals surface area contributed by atoms with E-state index in [4.69, 9.17) is 5.84 Å². The van der Waals surface area contributed by atoms with Gasteiger partial charge in [0.25, 0.3) is 0 Å². The Labute approximate surface area is 49.4 Å². The lowest BCUT2D eigenvalue weighted by Gasteiger charge is -2.05. The van der Waals surface area contributed by atoms with E-state index in [-0.39, 0.29) is 5.78 Å². The van der Waals surface area contributed by atoms with Crippen molar-refractivity contribution in [3.8, 4) is 0 Å². The lowest BCUT2D eigenvalue weighted by atomic mass is 10.3. The molecule has 0 aliphatic carbocycles. The van der Waals surface area contributed by atoms with Crippen molar-refractivity contribution >= 4 is 5.78 Å². The summed E-state index contributed by atoms with van der Waals surface area (Å²) >= 11 is 0. The predicted molar refractivity (Wildman–Crippen MR) is 32.1 cm³/mol. The van der Waals surface area contributed by atoms with Crippen LogP contribution >= 0.6 is 0 Å². The molecule has 0 rings (SSSR count). The number of Topliss-reactive ketones (excluding diaryl/α,β-unsaturated/α-hetero) is 1. The third-order valence-electron chi connectivity index (χ3n) is 0.817.